The Hall–Kier alpha value is -2.33. The van der Waals surface area contributed by atoms with E-state index < -0.39 is 5.91 Å². The molecule has 0 bridgehead atoms. The minimum Gasteiger partial charge on any atom is -0.366 e. The average molecular weight is 268 g/mol. The van der Waals surface area contributed by atoms with Gasteiger partial charge in [-0.3, -0.25) is 4.79 Å². The predicted octanol–water partition coefficient (Wildman–Crippen LogP) is 3.01. The summed E-state index contributed by atoms with van der Waals surface area (Å²) < 4.78 is 0. The predicted molar refractivity (Wildman–Crippen MR) is 79.7 cm³/mol. The fourth-order valence-electron chi connectivity index (χ4n) is 2.07. The summed E-state index contributed by atoms with van der Waals surface area (Å²) in [7, 11) is 0. The van der Waals surface area contributed by atoms with Crippen LogP contribution in [0.2, 0.25) is 0 Å². The second-order valence-corrected chi connectivity index (χ2v) is 4.98. The van der Waals surface area contributed by atoms with E-state index >= 15 is 0 Å². The number of thiophene rings is 1. The van der Waals surface area contributed by atoms with E-state index in [1.54, 1.807) is 11.3 Å². The Balaban J connectivity index is 2.23. The van der Waals surface area contributed by atoms with Gasteiger partial charge in [0.05, 0.1) is 0 Å². The summed E-state index contributed by atoms with van der Waals surface area (Å²) in [4.78, 5) is 11.4. The Kier molecular flexibility index (Phi) is 2.93. The van der Waals surface area contributed by atoms with E-state index in [1.165, 1.54) is 0 Å². The lowest BCUT2D eigenvalue weighted by Gasteiger charge is -2.10. The maximum Gasteiger partial charge on any atom is 0.248 e. The average Bonchev–Trinajstić information content (AvgIpc) is 2.71. The van der Waals surface area contributed by atoms with Crippen molar-refractivity contribution in [2.24, 2.45) is 5.73 Å². The summed E-state index contributed by atoms with van der Waals surface area (Å²) in [6, 6.07) is 3.67. The van der Waals surface area contributed by atoms with E-state index in [0.717, 1.165) is 22.0 Å². The van der Waals surface area contributed by atoms with Crippen LogP contribution in [0.15, 0.2) is 53.4 Å². The number of amides is 1. The number of primary amides is 1. The van der Waals surface area contributed by atoms with Crippen LogP contribution in [-0.4, -0.2) is 5.91 Å². The highest BCUT2D eigenvalue weighted by Crippen LogP contribution is 2.29. The molecule has 0 spiro atoms. The molecule has 3 nitrogen and oxygen atoms in total. The van der Waals surface area contributed by atoms with Gasteiger partial charge in [-0.05, 0) is 40.4 Å². The molecule has 0 saturated carbocycles. The Morgan fingerprint density at radius 1 is 1.16 bits per heavy atom. The Morgan fingerprint density at radius 3 is 2.89 bits per heavy atom. The number of nitrogens with one attached hydrogen (secondary N) is 1. The van der Waals surface area contributed by atoms with Gasteiger partial charge >= 0.3 is 0 Å². The molecule has 3 N–H and O–H groups in total. The van der Waals surface area contributed by atoms with Gasteiger partial charge in [0.25, 0.3) is 0 Å². The number of carbonyl (C=O) groups is 1. The normalized spacial score (nSPS) is 14.0. The molecule has 0 saturated heterocycles. The van der Waals surface area contributed by atoms with Crippen molar-refractivity contribution in [2.75, 3.05) is 0 Å². The molecule has 0 fully saturated rings. The summed E-state index contributed by atoms with van der Waals surface area (Å²) >= 11 is 1.61. The lowest BCUT2D eigenvalue weighted by Crippen LogP contribution is -2.12. The third-order valence-corrected chi connectivity index (χ3v) is 3.75. The van der Waals surface area contributed by atoms with Crippen LogP contribution >= 0.6 is 11.3 Å². The molecule has 1 amide bonds. The second kappa shape index (κ2) is 4.74. The van der Waals surface area contributed by atoms with Gasteiger partial charge in [-0.1, -0.05) is 12.2 Å². The first-order valence-corrected chi connectivity index (χ1v) is 6.80. The van der Waals surface area contributed by atoms with E-state index in [9.17, 15) is 4.79 Å². The molecular formula is C15H12N2OS. The number of rotatable bonds is 2. The summed E-state index contributed by atoms with van der Waals surface area (Å²) in [5.74, 6) is -0.408. The molecule has 1 aliphatic rings. The number of benzene rings is 1. The molecule has 94 valence electrons. The van der Waals surface area contributed by atoms with E-state index in [-0.39, 0.29) is 0 Å². The molecule has 0 aliphatic carbocycles. The molecule has 19 heavy (non-hydrogen) atoms. The van der Waals surface area contributed by atoms with E-state index in [1.807, 2.05) is 48.0 Å². The molecular weight excluding hydrogens is 256 g/mol. The summed E-state index contributed by atoms with van der Waals surface area (Å²) in [5.41, 5.74) is 7.87. The third kappa shape index (κ3) is 2.18. The summed E-state index contributed by atoms with van der Waals surface area (Å²) in [5, 5.41) is 9.48. The van der Waals surface area contributed by atoms with Gasteiger partial charge in [0.2, 0.25) is 5.91 Å². The van der Waals surface area contributed by atoms with Crippen LogP contribution in [0.3, 0.4) is 0 Å². The van der Waals surface area contributed by atoms with Crippen molar-refractivity contribution in [3.8, 4) is 0 Å². The maximum atomic E-state index is 11.4. The van der Waals surface area contributed by atoms with Gasteiger partial charge in [0, 0.05) is 28.4 Å². The fourth-order valence-corrected chi connectivity index (χ4v) is 2.88. The molecule has 0 atom stereocenters. The van der Waals surface area contributed by atoms with E-state index in [2.05, 4.69) is 10.7 Å². The number of nitrogens with two attached hydrogens (primary N) is 1. The monoisotopic (exact) mass is 268 g/mol. The van der Waals surface area contributed by atoms with Crippen LogP contribution in [0.25, 0.3) is 16.5 Å². The first-order valence-electron chi connectivity index (χ1n) is 5.86. The zero-order valence-electron chi connectivity index (χ0n) is 10.1. The van der Waals surface area contributed by atoms with Gasteiger partial charge in [-0.2, -0.15) is 11.3 Å². The standard InChI is InChI=1S/C15H12N2OS/c16-15(18)10-6-11-8-19-9-13(11)12(7-10)14-4-2-1-3-5-17-14/h1-9,17H,(H2,16,18). The third-order valence-electron chi connectivity index (χ3n) is 2.99. The largest absolute Gasteiger partial charge is 0.366 e. The SMILES string of the molecule is NC(=O)c1cc(C2=CC=CC=CN2)c2cscc2c1. The zero-order valence-corrected chi connectivity index (χ0v) is 10.9. The van der Waals surface area contributed by atoms with Gasteiger partial charge in [0.15, 0.2) is 0 Å². The second-order valence-electron chi connectivity index (χ2n) is 4.23. The highest BCUT2D eigenvalue weighted by atomic mass is 32.1. The molecule has 2 heterocycles. The van der Waals surface area contributed by atoms with Crippen LogP contribution < -0.4 is 11.1 Å². The Bertz CT molecular complexity index is 738. The molecule has 0 radical (unpaired) electrons. The highest BCUT2D eigenvalue weighted by Gasteiger charge is 2.11. The molecule has 1 aromatic heterocycles. The van der Waals surface area contributed by atoms with Crippen molar-refractivity contribution in [3.05, 3.63) is 64.5 Å². The van der Waals surface area contributed by atoms with Crippen LogP contribution in [0.1, 0.15) is 15.9 Å². The number of hydrogen-bond acceptors (Lipinski definition) is 3. The lowest BCUT2D eigenvalue weighted by atomic mass is 10.0. The number of fused-ring (bicyclic) bond motifs is 1. The van der Waals surface area contributed by atoms with Crippen LogP contribution in [0.5, 0.6) is 0 Å². The van der Waals surface area contributed by atoms with Crippen molar-refractivity contribution >= 4 is 33.7 Å². The van der Waals surface area contributed by atoms with Gasteiger partial charge in [0.1, 0.15) is 0 Å². The van der Waals surface area contributed by atoms with Gasteiger partial charge < -0.3 is 11.1 Å². The van der Waals surface area contributed by atoms with Crippen LogP contribution in [-0.2, 0) is 0 Å². The zero-order chi connectivity index (χ0) is 13.2. The van der Waals surface area contributed by atoms with Crippen molar-refractivity contribution in [1.29, 1.82) is 0 Å². The number of allylic oxidation sites excluding steroid dienone is 4. The topological polar surface area (TPSA) is 55.1 Å². The number of carbonyl (C=O) groups excluding carboxylic acids is 1. The molecule has 0 unspecified atom stereocenters. The Labute approximate surface area is 114 Å². The van der Waals surface area contributed by atoms with E-state index in [4.69, 9.17) is 5.73 Å². The first kappa shape index (κ1) is 11.7. The first-order chi connectivity index (χ1) is 9.25. The molecule has 1 aromatic carbocycles. The van der Waals surface area contributed by atoms with Crippen molar-refractivity contribution in [2.45, 2.75) is 0 Å². The van der Waals surface area contributed by atoms with Crippen molar-refractivity contribution < 1.29 is 4.79 Å². The summed E-state index contributed by atoms with van der Waals surface area (Å²) in [6.45, 7) is 0. The maximum absolute atomic E-state index is 11.4. The Morgan fingerprint density at radius 2 is 2.05 bits per heavy atom. The van der Waals surface area contributed by atoms with Gasteiger partial charge in [-0.25, -0.2) is 0 Å². The van der Waals surface area contributed by atoms with Gasteiger partial charge in [-0.15, -0.1) is 0 Å². The summed E-state index contributed by atoms with van der Waals surface area (Å²) in [6.07, 6.45) is 9.68. The number of hydrogen-bond donors (Lipinski definition) is 2. The lowest BCUT2D eigenvalue weighted by molar-refractivity contribution is 0.100. The quantitative estimate of drug-likeness (QED) is 0.879. The van der Waals surface area contributed by atoms with Crippen LogP contribution in [0.4, 0.5) is 0 Å². The molecule has 3 rings (SSSR count). The van der Waals surface area contributed by atoms with Crippen LogP contribution in [0, 0.1) is 0 Å². The fraction of sp³-hybridized carbons (Fsp3) is 0. The molecule has 2 aromatic rings. The highest BCUT2D eigenvalue weighted by molar-refractivity contribution is 7.09. The minimum atomic E-state index is -0.408. The molecule has 1 aliphatic heterocycles. The smallest absolute Gasteiger partial charge is 0.248 e. The van der Waals surface area contributed by atoms with E-state index in [0.29, 0.717) is 5.56 Å². The minimum absolute atomic E-state index is 0.408. The molecule has 4 heteroatoms. The van der Waals surface area contributed by atoms with Crippen molar-refractivity contribution in [1.82, 2.24) is 5.32 Å². The van der Waals surface area contributed by atoms with Crippen molar-refractivity contribution in [3.63, 3.8) is 0 Å².